The number of rotatable bonds is 3. The van der Waals surface area contributed by atoms with Gasteiger partial charge in [0.25, 0.3) is 0 Å². The van der Waals surface area contributed by atoms with E-state index in [0.29, 0.717) is 11.8 Å². The van der Waals surface area contributed by atoms with Crippen LogP contribution in [0.1, 0.15) is 36.8 Å². The third-order valence-electron chi connectivity index (χ3n) is 6.04. The smallest absolute Gasteiger partial charge is 0.123 e. The number of hydrogen-bond donors (Lipinski definition) is 1. The molecule has 1 aliphatic heterocycles. The summed E-state index contributed by atoms with van der Waals surface area (Å²) in [5, 5.41) is 11.1. The molecule has 2 aliphatic rings. The Kier molecular flexibility index (Phi) is 4.57. The molecule has 1 saturated carbocycles. The lowest BCUT2D eigenvalue weighted by Gasteiger charge is -2.47. The maximum absolute atomic E-state index is 13.2. The van der Waals surface area contributed by atoms with Gasteiger partial charge in [0, 0.05) is 25.5 Å². The molecule has 2 heterocycles. The molecule has 2 aromatic rings. The van der Waals surface area contributed by atoms with Gasteiger partial charge in [-0.2, -0.15) is 0 Å². The molecule has 132 valence electrons. The molecule has 4 rings (SSSR count). The van der Waals surface area contributed by atoms with E-state index in [1.165, 1.54) is 17.7 Å². The summed E-state index contributed by atoms with van der Waals surface area (Å²) in [6.07, 6.45) is 7.43. The fourth-order valence-electron chi connectivity index (χ4n) is 4.62. The van der Waals surface area contributed by atoms with Crippen molar-refractivity contribution in [2.24, 2.45) is 11.8 Å². The number of aliphatic hydroxyl groups is 1. The zero-order valence-electron chi connectivity index (χ0n) is 14.4. The topological polar surface area (TPSA) is 36.4 Å². The zero-order valence-corrected chi connectivity index (χ0v) is 14.4. The highest BCUT2D eigenvalue weighted by atomic mass is 19.1. The van der Waals surface area contributed by atoms with E-state index in [9.17, 15) is 9.50 Å². The van der Waals surface area contributed by atoms with Gasteiger partial charge in [0.05, 0.1) is 5.60 Å². The summed E-state index contributed by atoms with van der Waals surface area (Å²) in [4.78, 5) is 6.61. The molecule has 4 heteroatoms. The largest absolute Gasteiger partial charge is 0.385 e. The summed E-state index contributed by atoms with van der Waals surface area (Å²) in [6, 6.07) is 10.6. The van der Waals surface area contributed by atoms with Crippen LogP contribution >= 0.6 is 0 Å². The van der Waals surface area contributed by atoms with E-state index in [-0.39, 0.29) is 5.82 Å². The number of hydrogen-bond acceptors (Lipinski definition) is 3. The van der Waals surface area contributed by atoms with E-state index in [1.54, 1.807) is 12.1 Å². The molecule has 1 aromatic carbocycles. The summed E-state index contributed by atoms with van der Waals surface area (Å²) in [5.41, 5.74) is 1.39. The van der Waals surface area contributed by atoms with Gasteiger partial charge in [0.1, 0.15) is 5.82 Å². The first-order chi connectivity index (χ1) is 12.1. The lowest BCUT2D eigenvalue weighted by Crippen LogP contribution is -2.46. The number of aromatic nitrogens is 1. The lowest BCUT2D eigenvalue weighted by atomic mass is 9.66. The molecule has 25 heavy (non-hydrogen) atoms. The Labute approximate surface area is 148 Å². The fourth-order valence-corrected chi connectivity index (χ4v) is 4.62. The van der Waals surface area contributed by atoms with Crippen LogP contribution in [-0.2, 0) is 12.1 Å². The first-order valence-corrected chi connectivity index (χ1v) is 9.22. The molecule has 2 fully saturated rings. The Hall–Kier alpha value is -1.78. The monoisotopic (exact) mass is 340 g/mol. The Morgan fingerprint density at radius 2 is 1.84 bits per heavy atom. The minimum Gasteiger partial charge on any atom is -0.385 e. The van der Waals surface area contributed by atoms with E-state index >= 15 is 0 Å². The highest BCUT2D eigenvalue weighted by molar-refractivity contribution is 5.24. The average Bonchev–Trinajstić information content (AvgIpc) is 2.63. The average molecular weight is 340 g/mol. The maximum atomic E-state index is 13.2. The van der Waals surface area contributed by atoms with Gasteiger partial charge in [-0.1, -0.05) is 12.1 Å². The van der Waals surface area contributed by atoms with Gasteiger partial charge in [0.15, 0.2) is 0 Å². The van der Waals surface area contributed by atoms with E-state index in [4.69, 9.17) is 0 Å². The second-order valence-corrected chi connectivity index (χ2v) is 7.68. The van der Waals surface area contributed by atoms with E-state index < -0.39 is 5.60 Å². The molecule has 3 atom stereocenters. The van der Waals surface area contributed by atoms with Crippen LogP contribution in [0.15, 0.2) is 48.8 Å². The predicted octanol–water partition coefficient (Wildman–Crippen LogP) is 3.73. The first kappa shape index (κ1) is 16.7. The Morgan fingerprint density at radius 1 is 1.08 bits per heavy atom. The van der Waals surface area contributed by atoms with Gasteiger partial charge < -0.3 is 5.11 Å². The number of benzene rings is 1. The van der Waals surface area contributed by atoms with Crippen LogP contribution in [0.2, 0.25) is 0 Å². The van der Waals surface area contributed by atoms with Crippen LogP contribution in [0.4, 0.5) is 4.39 Å². The van der Waals surface area contributed by atoms with Crippen molar-refractivity contribution in [3.8, 4) is 0 Å². The van der Waals surface area contributed by atoms with Crippen molar-refractivity contribution in [3.05, 3.63) is 65.7 Å². The molecule has 0 radical (unpaired) electrons. The molecule has 0 bridgehead atoms. The number of piperidine rings is 1. The molecule has 3 nitrogen and oxygen atoms in total. The molecular formula is C21H25FN2O. The number of likely N-dealkylation sites (tertiary alicyclic amines) is 1. The molecule has 3 unspecified atom stereocenters. The lowest BCUT2D eigenvalue weighted by molar-refractivity contribution is -0.0616. The van der Waals surface area contributed by atoms with Crippen molar-refractivity contribution in [2.75, 3.05) is 13.1 Å². The Balaban J connectivity index is 1.40. The van der Waals surface area contributed by atoms with Crippen LogP contribution < -0.4 is 0 Å². The molecule has 1 aliphatic carbocycles. The van der Waals surface area contributed by atoms with Crippen molar-refractivity contribution in [2.45, 2.75) is 37.8 Å². The Bertz CT molecular complexity index is 706. The molecule has 1 saturated heterocycles. The number of halogens is 1. The molecule has 0 amide bonds. The van der Waals surface area contributed by atoms with Crippen LogP contribution in [-0.4, -0.2) is 28.1 Å². The van der Waals surface area contributed by atoms with Crippen molar-refractivity contribution in [1.29, 1.82) is 0 Å². The summed E-state index contributed by atoms with van der Waals surface area (Å²) in [7, 11) is 0. The molecular weight excluding hydrogens is 315 g/mol. The fraction of sp³-hybridized carbons (Fsp3) is 0.476. The van der Waals surface area contributed by atoms with Gasteiger partial charge in [0.2, 0.25) is 0 Å². The standard InChI is InChI=1S/C21H25FN2O/c22-20-3-1-19(2-4-20)21(25)9-5-18-15-24(12-8-17(18)13-21)14-16-6-10-23-11-7-16/h1-4,6-7,10-11,17-18,25H,5,8-9,12-15H2. The van der Waals surface area contributed by atoms with Crippen LogP contribution in [0, 0.1) is 17.7 Å². The molecule has 1 aromatic heterocycles. The predicted molar refractivity (Wildman–Crippen MR) is 95.3 cm³/mol. The van der Waals surface area contributed by atoms with Gasteiger partial charge in [-0.05, 0) is 79.5 Å². The third kappa shape index (κ3) is 3.60. The highest BCUT2D eigenvalue weighted by Gasteiger charge is 2.42. The quantitative estimate of drug-likeness (QED) is 0.925. The number of pyridine rings is 1. The van der Waals surface area contributed by atoms with Crippen LogP contribution in [0.25, 0.3) is 0 Å². The highest BCUT2D eigenvalue weighted by Crippen LogP contribution is 2.46. The van der Waals surface area contributed by atoms with Crippen molar-refractivity contribution in [1.82, 2.24) is 9.88 Å². The maximum Gasteiger partial charge on any atom is 0.123 e. The first-order valence-electron chi connectivity index (χ1n) is 9.22. The van der Waals surface area contributed by atoms with E-state index in [1.807, 2.05) is 12.4 Å². The van der Waals surface area contributed by atoms with Gasteiger partial charge in [-0.25, -0.2) is 4.39 Å². The SMILES string of the molecule is OC1(c2ccc(F)cc2)CCC2CN(Cc3ccncc3)CCC2C1. The number of nitrogens with zero attached hydrogens (tertiary/aromatic N) is 2. The van der Waals surface area contributed by atoms with E-state index in [2.05, 4.69) is 22.0 Å². The zero-order chi connectivity index (χ0) is 17.3. The Morgan fingerprint density at radius 3 is 2.60 bits per heavy atom. The van der Waals surface area contributed by atoms with Crippen molar-refractivity contribution < 1.29 is 9.50 Å². The third-order valence-corrected chi connectivity index (χ3v) is 6.04. The second kappa shape index (κ2) is 6.85. The summed E-state index contributed by atoms with van der Waals surface area (Å²) in [6.45, 7) is 3.16. The van der Waals surface area contributed by atoms with E-state index in [0.717, 1.165) is 50.9 Å². The van der Waals surface area contributed by atoms with Gasteiger partial charge >= 0.3 is 0 Å². The van der Waals surface area contributed by atoms with Gasteiger partial charge in [-0.15, -0.1) is 0 Å². The molecule has 0 spiro atoms. The van der Waals surface area contributed by atoms with Crippen molar-refractivity contribution in [3.63, 3.8) is 0 Å². The summed E-state index contributed by atoms with van der Waals surface area (Å²) in [5.74, 6) is 0.958. The van der Waals surface area contributed by atoms with Crippen molar-refractivity contribution >= 4 is 0 Å². The second-order valence-electron chi connectivity index (χ2n) is 7.68. The minimum absolute atomic E-state index is 0.245. The summed E-state index contributed by atoms with van der Waals surface area (Å²) < 4.78 is 13.2. The molecule has 1 N–H and O–H groups in total. The van der Waals surface area contributed by atoms with Gasteiger partial charge in [-0.3, -0.25) is 9.88 Å². The van der Waals surface area contributed by atoms with Crippen LogP contribution in [0.3, 0.4) is 0 Å². The summed E-state index contributed by atoms with van der Waals surface area (Å²) >= 11 is 0. The minimum atomic E-state index is -0.790. The van der Waals surface area contributed by atoms with Crippen LogP contribution in [0.5, 0.6) is 0 Å². The normalized spacial score (nSPS) is 30.0. The number of fused-ring (bicyclic) bond motifs is 1.